The molecule has 1 saturated heterocycles. The highest BCUT2D eigenvalue weighted by Gasteiger charge is 2.37. The fourth-order valence-corrected chi connectivity index (χ4v) is 6.51. The Morgan fingerprint density at radius 1 is 1.05 bits per heavy atom. The summed E-state index contributed by atoms with van der Waals surface area (Å²) in [4.78, 5) is 11.2. The molecule has 5 heterocycles. The number of aromatic nitrogens is 4. The minimum Gasteiger partial charge on any atom is -0.452 e. The smallest absolute Gasteiger partial charge is 0.192 e. The normalized spacial score (nSPS) is 15.7. The topological polar surface area (TPSA) is 95.2 Å². The Kier molecular flexibility index (Phi) is 7.21. The van der Waals surface area contributed by atoms with E-state index in [4.69, 9.17) is 19.7 Å². The maximum atomic E-state index is 6.41. The van der Waals surface area contributed by atoms with E-state index in [-0.39, 0.29) is 5.04 Å². The van der Waals surface area contributed by atoms with Gasteiger partial charge in [0, 0.05) is 78.5 Å². The number of rotatable bonds is 7. The first-order chi connectivity index (χ1) is 19.6. The van der Waals surface area contributed by atoms with E-state index >= 15 is 0 Å². The second-order valence-electron chi connectivity index (χ2n) is 12.7. The number of piperidine rings is 1. The summed E-state index contributed by atoms with van der Waals surface area (Å²) in [6.45, 7) is 15.5. The van der Waals surface area contributed by atoms with E-state index in [9.17, 15) is 0 Å². The Bertz CT molecular complexity index is 1670. The average Bonchev–Trinajstić information content (AvgIpc) is 3.62. The number of hydrogen-bond donors (Lipinski definition) is 1. The van der Waals surface area contributed by atoms with Crippen LogP contribution in [0, 0.1) is 0 Å². The minimum absolute atomic E-state index is 0.245. The second kappa shape index (κ2) is 10.7. The molecule has 8 nitrogen and oxygen atoms in total. The number of fused-ring (bicyclic) bond motifs is 2. The summed E-state index contributed by atoms with van der Waals surface area (Å²) in [5.41, 5.74) is 9.87. The van der Waals surface area contributed by atoms with Gasteiger partial charge in [-0.3, -0.25) is 9.67 Å². The lowest BCUT2D eigenvalue weighted by molar-refractivity contribution is 0.148. The SMILES string of the molecule is CC(C)(C)[Si](C)(C)OCCN1CCC(n2cc(-c3cnc(N)c4oc(-c5cccc6cnccc56)cc34)cn2)CC1. The number of likely N-dealkylation sites (tertiary alicyclic amines) is 1. The Hall–Kier alpha value is -3.53. The molecule has 0 amide bonds. The van der Waals surface area contributed by atoms with Crippen LogP contribution in [0.4, 0.5) is 5.82 Å². The molecular formula is C32H40N6O2Si. The van der Waals surface area contributed by atoms with E-state index in [2.05, 4.69) is 77.8 Å². The molecule has 1 aliphatic rings. The molecule has 0 saturated carbocycles. The largest absolute Gasteiger partial charge is 0.452 e. The van der Waals surface area contributed by atoms with Crippen LogP contribution in [0.3, 0.4) is 0 Å². The van der Waals surface area contributed by atoms with Gasteiger partial charge in [-0.1, -0.05) is 39.0 Å². The van der Waals surface area contributed by atoms with Gasteiger partial charge >= 0.3 is 0 Å². The quantitative estimate of drug-likeness (QED) is 0.208. The van der Waals surface area contributed by atoms with Crippen molar-refractivity contribution in [3.05, 3.63) is 61.3 Å². The average molecular weight is 569 g/mol. The molecule has 0 unspecified atom stereocenters. The van der Waals surface area contributed by atoms with Crippen molar-refractivity contribution in [3.8, 4) is 22.5 Å². The van der Waals surface area contributed by atoms with Crippen LogP contribution < -0.4 is 5.73 Å². The summed E-state index contributed by atoms with van der Waals surface area (Å²) in [6, 6.07) is 10.6. The molecule has 6 rings (SSSR count). The molecule has 5 aromatic rings. The second-order valence-corrected chi connectivity index (χ2v) is 17.5. The van der Waals surface area contributed by atoms with Crippen LogP contribution in [0.5, 0.6) is 0 Å². The van der Waals surface area contributed by atoms with Crippen molar-refractivity contribution >= 4 is 35.9 Å². The Labute approximate surface area is 242 Å². The summed E-state index contributed by atoms with van der Waals surface area (Å²) < 4.78 is 14.8. The van der Waals surface area contributed by atoms with Crippen molar-refractivity contribution in [1.82, 2.24) is 24.6 Å². The van der Waals surface area contributed by atoms with Crippen molar-refractivity contribution in [2.45, 2.75) is 57.8 Å². The van der Waals surface area contributed by atoms with Crippen LogP contribution in [-0.4, -0.2) is 59.2 Å². The molecule has 0 aliphatic carbocycles. The molecule has 0 spiro atoms. The highest BCUT2D eigenvalue weighted by Crippen LogP contribution is 2.39. The zero-order valence-corrected chi connectivity index (χ0v) is 25.7. The summed E-state index contributed by atoms with van der Waals surface area (Å²) in [7, 11) is -1.70. The number of hydrogen-bond acceptors (Lipinski definition) is 7. The predicted octanol–water partition coefficient (Wildman–Crippen LogP) is 7.15. The zero-order chi connectivity index (χ0) is 28.8. The number of nitrogens with zero attached hydrogens (tertiary/aromatic N) is 5. The number of nitrogens with two attached hydrogens (primary N) is 1. The monoisotopic (exact) mass is 568 g/mol. The lowest BCUT2D eigenvalue weighted by Crippen LogP contribution is -2.44. The number of anilines is 1. The zero-order valence-electron chi connectivity index (χ0n) is 24.7. The van der Waals surface area contributed by atoms with Crippen LogP contribution in [0.2, 0.25) is 18.1 Å². The lowest BCUT2D eigenvalue weighted by Gasteiger charge is -2.37. The highest BCUT2D eigenvalue weighted by molar-refractivity contribution is 6.74. The summed E-state index contributed by atoms with van der Waals surface area (Å²) in [5, 5.41) is 8.11. The maximum Gasteiger partial charge on any atom is 0.192 e. The van der Waals surface area contributed by atoms with Crippen molar-refractivity contribution < 1.29 is 8.84 Å². The third-order valence-corrected chi connectivity index (χ3v) is 13.6. The highest BCUT2D eigenvalue weighted by atomic mass is 28.4. The van der Waals surface area contributed by atoms with Gasteiger partial charge in [-0.2, -0.15) is 5.10 Å². The van der Waals surface area contributed by atoms with E-state index in [1.807, 2.05) is 30.7 Å². The predicted molar refractivity (Wildman–Crippen MR) is 168 cm³/mol. The Morgan fingerprint density at radius 2 is 1.85 bits per heavy atom. The van der Waals surface area contributed by atoms with Crippen LogP contribution in [-0.2, 0) is 4.43 Å². The first-order valence-electron chi connectivity index (χ1n) is 14.5. The van der Waals surface area contributed by atoms with E-state index in [0.29, 0.717) is 17.4 Å². The van der Waals surface area contributed by atoms with Gasteiger partial charge in [-0.05, 0) is 48.5 Å². The van der Waals surface area contributed by atoms with Crippen molar-refractivity contribution in [3.63, 3.8) is 0 Å². The van der Waals surface area contributed by atoms with E-state index < -0.39 is 8.32 Å². The molecule has 41 heavy (non-hydrogen) atoms. The molecule has 0 atom stereocenters. The molecule has 4 aromatic heterocycles. The Balaban J connectivity index is 1.17. The van der Waals surface area contributed by atoms with Crippen molar-refractivity contribution in [2.75, 3.05) is 32.0 Å². The van der Waals surface area contributed by atoms with Gasteiger partial charge in [-0.15, -0.1) is 0 Å². The van der Waals surface area contributed by atoms with Crippen molar-refractivity contribution in [2.24, 2.45) is 0 Å². The molecule has 0 radical (unpaired) electrons. The van der Waals surface area contributed by atoms with E-state index in [1.54, 1.807) is 6.20 Å². The summed E-state index contributed by atoms with van der Waals surface area (Å²) in [5.74, 6) is 1.14. The number of furan rings is 1. The van der Waals surface area contributed by atoms with E-state index in [0.717, 1.165) is 77.7 Å². The first kappa shape index (κ1) is 27.6. The molecule has 9 heteroatoms. The standard InChI is InChI=1S/C32H40N6O2Si/c1-32(2,3)41(4,5)39-16-15-37-13-10-24(11-14-37)38-21-23(19-36-38)28-20-35-31(33)30-27(28)17-29(40-30)26-8-6-7-22-18-34-12-9-25(22)26/h6-9,12,17-21,24H,10-11,13-16H2,1-5H3,(H2,33,35). The summed E-state index contributed by atoms with van der Waals surface area (Å²) in [6.07, 6.45) is 11.7. The van der Waals surface area contributed by atoms with Crippen molar-refractivity contribution in [1.29, 1.82) is 0 Å². The van der Waals surface area contributed by atoms with Crippen LogP contribution in [0.25, 0.3) is 44.2 Å². The van der Waals surface area contributed by atoms with Gasteiger partial charge in [0.05, 0.1) is 12.2 Å². The van der Waals surface area contributed by atoms with E-state index in [1.165, 1.54) is 0 Å². The molecule has 214 valence electrons. The van der Waals surface area contributed by atoms with Gasteiger partial charge in [0.15, 0.2) is 19.7 Å². The fraction of sp³-hybridized carbons (Fsp3) is 0.406. The van der Waals surface area contributed by atoms with Gasteiger partial charge < -0.3 is 19.5 Å². The number of pyridine rings is 2. The number of benzene rings is 1. The maximum absolute atomic E-state index is 6.41. The molecule has 1 aromatic carbocycles. The van der Waals surface area contributed by atoms with Gasteiger partial charge in [0.1, 0.15) is 5.76 Å². The molecular weight excluding hydrogens is 528 g/mol. The Morgan fingerprint density at radius 3 is 2.63 bits per heavy atom. The van der Waals surface area contributed by atoms with Gasteiger partial charge in [0.25, 0.3) is 0 Å². The molecule has 1 aliphatic heterocycles. The fourth-order valence-electron chi connectivity index (χ4n) is 5.47. The van der Waals surface area contributed by atoms with Crippen LogP contribution in [0.15, 0.2) is 65.7 Å². The lowest BCUT2D eigenvalue weighted by atomic mass is 10.0. The third kappa shape index (κ3) is 5.41. The van der Waals surface area contributed by atoms with Crippen LogP contribution >= 0.6 is 0 Å². The van der Waals surface area contributed by atoms with Gasteiger partial charge in [-0.25, -0.2) is 4.98 Å². The van der Waals surface area contributed by atoms with Crippen LogP contribution in [0.1, 0.15) is 39.7 Å². The molecule has 0 bridgehead atoms. The minimum atomic E-state index is -1.70. The first-order valence-corrected chi connectivity index (χ1v) is 17.4. The molecule has 1 fully saturated rings. The summed E-state index contributed by atoms with van der Waals surface area (Å²) >= 11 is 0. The van der Waals surface area contributed by atoms with Gasteiger partial charge in [0.2, 0.25) is 0 Å². The third-order valence-electron chi connectivity index (χ3n) is 9.05. The molecule has 2 N–H and O–H groups in total. The number of nitrogen functional groups attached to an aromatic ring is 1.